The standard InChI is InChI=1S/C26H25FN4O2S/c1-15-9-10-21(16(2)12-15)25-28-17(3)22(34-25)26(32)31-11-5-7-19(14-31)24-29-23(30-33-24)18-6-4-8-20(27)13-18/h4,6,8-10,12-13,19H,5,7,11,14H2,1-3H3. The molecule has 0 spiro atoms. The Morgan fingerprint density at radius 2 is 2.00 bits per heavy atom. The third-order valence-corrected chi connectivity index (χ3v) is 7.36. The second-order valence-corrected chi connectivity index (χ2v) is 9.81. The van der Waals surface area contributed by atoms with Crippen LogP contribution in [-0.4, -0.2) is 39.0 Å². The van der Waals surface area contributed by atoms with Crippen molar-refractivity contribution in [2.45, 2.75) is 39.5 Å². The number of benzene rings is 2. The Morgan fingerprint density at radius 1 is 1.15 bits per heavy atom. The maximum absolute atomic E-state index is 13.6. The molecule has 0 bridgehead atoms. The zero-order chi connectivity index (χ0) is 23.8. The predicted molar refractivity (Wildman–Crippen MR) is 129 cm³/mol. The van der Waals surface area contributed by atoms with E-state index in [9.17, 15) is 9.18 Å². The average Bonchev–Trinajstić information content (AvgIpc) is 3.46. The maximum Gasteiger partial charge on any atom is 0.265 e. The lowest BCUT2D eigenvalue weighted by atomic mass is 9.97. The summed E-state index contributed by atoms with van der Waals surface area (Å²) in [6, 6.07) is 12.4. The van der Waals surface area contributed by atoms with E-state index in [1.807, 2.05) is 11.8 Å². The Kier molecular flexibility index (Phi) is 6.00. The molecule has 5 rings (SSSR count). The number of hydrogen-bond donors (Lipinski definition) is 0. The summed E-state index contributed by atoms with van der Waals surface area (Å²) in [5.41, 5.74) is 4.73. The number of halogens is 1. The van der Waals surface area contributed by atoms with E-state index in [1.54, 1.807) is 12.1 Å². The summed E-state index contributed by atoms with van der Waals surface area (Å²) in [5, 5.41) is 4.90. The average molecular weight is 477 g/mol. The highest BCUT2D eigenvalue weighted by molar-refractivity contribution is 7.17. The molecule has 1 amide bonds. The first-order valence-corrected chi connectivity index (χ1v) is 12.1. The van der Waals surface area contributed by atoms with E-state index >= 15 is 0 Å². The molecule has 1 unspecified atom stereocenters. The van der Waals surface area contributed by atoms with Gasteiger partial charge in [-0.15, -0.1) is 11.3 Å². The number of carbonyl (C=O) groups excluding carboxylic acids is 1. The fourth-order valence-corrected chi connectivity index (χ4v) is 5.54. The van der Waals surface area contributed by atoms with Gasteiger partial charge in [0.1, 0.15) is 15.7 Å². The molecule has 2 aromatic heterocycles. The van der Waals surface area contributed by atoms with Crippen LogP contribution >= 0.6 is 11.3 Å². The number of likely N-dealkylation sites (tertiary alicyclic amines) is 1. The number of nitrogens with zero attached hydrogens (tertiary/aromatic N) is 4. The van der Waals surface area contributed by atoms with Crippen LogP contribution in [0.2, 0.25) is 0 Å². The number of aryl methyl sites for hydroxylation is 3. The molecule has 1 aliphatic rings. The third kappa shape index (κ3) is 4.37. The smallest absolute Gasteiger partial charge is 0.265 e. The van der Waals surface area contributed by atoms with Crippen LogP contribution in [0.25, 0.3) is 22.0 Å². The van der Waals surface area contributed by atoms with Gasteiger partial charge >= 0.3 is 0 Å². The summed E-state index contributed by atoms with van der Waals surface area (Å²) in [6.45, 7) is 7.20. The molecule has 0 N–H and O–H groups in total. The van der Waals surface area contributed by atoms with Crippen LogP contribution < -0.4 is 0 Å². The van der Waals surface area contributed by atoms with Gasteiger partial charge < -0.3 is 9.42 Å². The highest BCUT2D eigenvalue weighted by atomic mass is 32.1. The number of carbonyl (C=O) groups is 1. The topological polar surface area (TPSA) is 72.1 Å². The highest BCUT2D eigenvalue weighted by Gasteiger charge is 2.31. The molecular weight excluding hydrogens is 451 g/mol. The molecule has 1 aliphatic heterocycles. The minimum Gasteiger partial charge on any atom is -0.339 e. The first-order chi connectivity index (χ1) is 16.4. The van der Waals surface area contributed by atoms with E-state index in [2.05, 4.69) is 42.2 Å². The van der Waals surface area contributed by atoms with Crippen molar-refractivity contribution in [3.8, 4) is 22.0 Å². The first kappa shape index (κ1) is 22.4. The van der Waals surface area contributed by atoms with Crippen LogP contribution in [0.4, 0.5) is 4.39 Å². The summed E-state index contributed by atoms with van der Waals surface area (Å²) >= 11 is 1.44. The molecule has 0 radical (unpaired) electrons. The van der Waals surface area contributed by atoms with Crippen molar-refractivity contribution in [3.63, 3.8) is 0 Å². The summed E-state index contributed by atoms with van der Waals surface area (Å²) in [5.74, 6) is 0.418. The van der Waals surface area contributed by atoms with Crippen molar-refractivity contribution in [2.24, 2.45) is 0 Å². The lowest BCUT2D eigenvalue weighted by Crippen LogP contribution is -2.39. The van der Waals surface area contributed by atoms with E-state index in [1.165, 1.54) is 29.0 Å². The molecule has 2 aromatic carbocycles. The van der Waals surface area contributed by atoms with Crippen LogP contribution in [0, 0.1) is 26.6 Å². The number of thiazole rings is 1. The number of hydrogen-bond acceptors (Lipinski definition) is 6. The molecule has 4 aromatic rings. The molecule has 8 heteroatoms. The Hall–Kier alpha value is -3.39. The Morgan fingerprint density at radius 3 is 2.79 bits per heavy atom. The second kappa shape index (κ2) is 9.10. The van der Waals surface area contributed by atoms with Crippen molar-refractivity contribution in [1.82, 2.24) is 20.0 Å². The molecule has 174 valence electrons. The molecule has 6 nitrogen and oxygen atoms in total. The first-order valence-electron chi connectivity index (χ1n) is 11.3. The van der Waals surface area contributed by atoms with Crippen molar-refractivity contribution in [1.29, 1.82) is 0 Å². The zero-order valence-electron chi connectivity index (χ0n) is 19.3. The van der Waals surface area contributed by atoms with Crippen molar-refractivity contribution < 1.29 is 13.7 Å². The summed E-state index contributed by atoms with van der Waals surface area (Å²) < 4.78 is 19.1. The van der Waals surface area contributed by atoms with Crippen LogP contribution in [0.3, 0.4) is 0 Å². The predicted octanol–water partition coefficient (Wildman–Crippen LogP) is 5.94. The van der Waals surface area contributed by atoms with E-state index < -0.39 is 0 Å². The normalized spacial score (nSPS) is 16.1. The van der Waals surface area contributed by atoms with E-state index in [4.69, 9.17) is 9.51 Å². The minimum absolute atomic E-state index is 0.0133. The number of rotatable bonds is 4. The van der Waals surface area contributed by atoms with Gasteiger partial charge in [0.2, 0.25) is 11.7 Å². The van der Waals surface area contributed by atoms with E-state index in [0.29, 0.717) is 35.2 Å². The van der Waals surface area contributed by atoms with Crippen LogP contribution in [0.15, 0.2) is 47.0 Å². The number of piperidine rings is 1. The molecular formula is C26H25FN4O2S. The van der Waals surface area contributed by atoms with Gasteiger partial charge in [0.15, 0.2) is 0 Å². The molecule has 0 saturated carbocycles. The zero-order valence-corrected chi connectivity index (χ0v) is 20.2. The van der Waals surface area contributed by atoms with Crippen LogP contribution in [0.1, 0.15) is 51.1 Å². The third-order valence-electron chi connectivity index (χ3n) is 6.19. The largest absolute Gasteiger partial charge is 0.339 e. The van der Waals surface area contributed by atoms with Gasteiger partial charge in [-0.1, -0.05) is 41.1 Å². The monoisotopic (exact) mass is 476 g/mol. The van der Waals surface area contributed by atoms with Gasteiger partial charge in [-0.25, -0.2) is 9.37 Å². The van der Waals surface area contributed by atoms with Gasteiger partial charge in [0.25, 0.3) is 5.91 Å². The molecule has 3 heterocycles. The second-order valence-electron chi connectivity index (χ2n) is 8.81. The number of amides is 1. The van der Waals surface area contributed by atoms with E-state index in [-0.39, 0.29) is 17.6 Å². The Labute approximate surface area is 201 Å². The SMILES string of the molecule is Cc1ccc(-c2nc(C)c(C(=O)N3CCCC(c4nc(-c5cccc(F)c5)no4)C3)s2)c(C)c1. The van der Waals surface area contributed by atoms with E-state index in [0.717, 1.165) is 34.7 Å². The summed E-state index contributed by atoms with van der Waals surface area (Å²) in [6.07, 6.45) is 1.69. The molecule has 1 saturated heterocycles. The molecule has 0 aliphatic carbocycles. The lowest BCUT2D eigenvalue weighted by Gasteiger charge is -2.30. The molecule has 1 atom stereocenters. The fraction of sp³-hybridized carbons (Fsp3) is 0.308. The maximum atomic E-state index is 13.6. The van der Waals surface area contributed by atoms with Crippen LogP contribution in [0.5, 0.6) is 0 Å². The summed E-state index contributed by atoms with van der Waals surface area (Å²) in [4.78, 5) is 25.2. The Bertz CT molecular complexity index is 1360. The van der Waals surface area contributed by atoms with Crippen molar-refractivity contribution >= 4 is 17.2 Å². The van der Waals surface area contributed by atoms with Gasteiger partial charge in [-0.3, -0.25) is 4.79 Å². The van der Waals surface area contributed by atoms with Crippen molar-refractivity contribution in [3.05, 3.63) is 75.9 Å². The lowest BCUT2D eigenvalue weighted by molar-refractivity contribution is 0.0699. The minimum atomic E-state index is -0.349. The molecule has 34 heavy (non-hydrogen) atoms. The highest BCUT2D eigenvalue weighted by Crippen LogP contribution is 2.33. The van der Waals surface area contributed by atoms with Gasteiger partial charge in [0, 0.05) is 24.2 Å². The van der Waals surface area contributed by atoms with Gasteiger partial charge in [-0.05, 0) is 51.3 Å². The summed E-state index contributed by atoms with van der Waals surface area (Å²) in [7, 11) is 0. The van der Waals surface area contributed by atoms with Crippen molar-refractivity contribution in [2.75, 3.05) is 13.1 Å². The number of aromatic nitrogens is 3. The molecule has 1 fully saturated rings. The van der Waals surface area contributed by atoms with Crippen LogP contribution in [-0.2, 0) is 0 Å². The Balaban J connectivity index is 1.34. The quantitative estimate of drug-likeness (QED) is 0.364. The van der Waals surface area contributed by atoms with Gasteiger partial charge in [0.05, 0.1) is 11.6 Å². The van der Waals surface area contributed by atoms with Gasteiger partial charge in [-0.2, -0.15) is 4.98 Å². The fourth-order valence-electron chi connectivity index (χ4n) is 4.42.